The Morgan fingerprint density at radius 1 is 1.13 bits per heavy atom. The molecule has 0 aromatic heterocycles. The summed E-state index contributed by atoms with van der Waals surface area (Å²) in [5.74, 6) is 0.429. The van der Waals surface area contributed by atoms with Gasteiger partial charge in [0, 0.05) is 39.3 Å². The lowest BCUT2D eigenvalue weighted by Crippen LogP contribution is -2.45. The predicted octanol–water partition coefficient (Wildman–Crippen LogP) is 1.82. The summed E-state index contributed by atoms with van der Waals surface area (Å²) in [6.45, 7) is 7.51. The molecule has 0 aliphatic carbocycles. The molecule has 0 radical (unpaired) electrons. The van der Waals surface area contributed by atoms with Gasteiger partial charge in [0.05, 0.1) is 10.4 Å². The van der Waals surface area contributed by atoms with Crippen LogP contribution in [0.15, 0.2) is 18.2 Å². The molecule has 2 heterocycles. The zero-order chi connectivity index (χ0) is 23.4. The lowest BCUT2D eigenvalue weighted by atomic mass is 9.88. The van der Waals surface area contributed by atoms with E-state index >= 15 is 0 Å². The first kappa shape index (κ1) is 26.7. The molecular weight excluding hydrogens is 426 g/mol. The molecule has 3 N–H and O–H groups in total. The Morgan fingerprint density at radius 3 is 2.35 bits per heavy atom. The normalized spacial score (nSPS) is 21.7. The molecule has 174 valence electrons. The fourth-order valence-corrected chi connectivity index (χ4v) is 4.19. The molecule has 1 aromatic carbocycles. The van der Waals surface area contributed by atoms with E-state index in [2.05, 4.69) is 23.8 Å². The molecule has 2 saturated heterocycles. The van der Waals surface area contributed by atoms with E-state index in [1.165, 1.54) is 0 Å². The number of hydrogen-bond acceptors (Lipinski definition) is 6. The molecule has 9 nitrogen and oxygen atoms in total. The van der Waals surface area contributed by atoms with E-state index < -0.39 is 0 Å². The van der Waals surface area contributed by atoms with Crippen molar-refractivity contribution in [2.45, 2.75) is 26.3 Å². The lowest BCUT2D eigenvalue weighted by Gasteiger charge is -2.31. The second kappa shape index (κ2) is 13.1. The van der Waals surface area contributed by atoms with Gasteiger partial charge < -0.3 is 25.1 Å². The van der Waals surface area contributed by atoms with Crippen molar-refractivity contribution in [3.8, 4) is 5.75 Å². The highest BCUT2D eigenvalue weighted by Gasteiger charge is 2.41. The molecule has 1 atom stereocenters. The maximum Gasteiger partial charge on any atom is 0.290 e. The van der Waals surface area contributed by atoms with Gasteiger partial charge in [-0.3, -0.25) is 19.3 Å². The SMILES string of the molecule is CN1CCC(C)(C(=O)N2CCCN(Cc3cccc(O)c3Cl)CC2)C1.O=CO.O=CO. The van der Waals surface area contributed by atoms with Crippen molar-refractivity contribution in [2.24, 2.45) is 5.41 Å². The maximum absolute atomic E-state index is 13.0. The number of benzene rings is 1. The first-order valence-corrected chi connectivity index (χ1v) is 10.4. The first-order valence-electron chi connectivity index (χ1n) is 10.0. The van der Waals surface area contributed by atoms with Gasteiger partial charge in [-0.15, -0.1) is 0 Å². The van der Waals surface area contributed by atoms with Crippen molar-refractivity contribution < 1.29 is 29.7 Å². The number of phenolic OH excluding ortho intramolecular Hbond substituents is 1. The number of carbonyl (C=O) groups is 3. The molecule has 10 heteroatoms. The minimum atomic E-state index is -0.250. The molecule has 1 aromatic rings. The van der Waals surface area contributed by atoms with E-state index in [9.17, 15) is 9.90 Å². The number of nitrogens with zero attached hydrogens (tertiary/aromatic N) is 3. The monoisotopic (exact) mass is 457 g/mol. The first-order chi connectivity index (χ1) is 14.7. The van der Waals surface area contributed by atoms with Crippen LogP contribution in [-0.2, 0) is 20.9 Å². The number of halogens is 1. The fraction of sp³-hybridized carbons (Fsp3) is 0.571. The van der Waals surface area contributed by atoms with Gasteiger partial charge in [0.15, 0.2) is 0 Å². The Balaban J connectivity index is 0.000000720. The Morgan fingerprint density at radius 2 is 1.77 bits per heavy atom. The maximum atomic E-state index is 13.0. The van der Waals surface area contributed by atoms with Gasteiger partial charge in [-0.1, -0.05) is 23.7 Å². The number of carboxylic acid groups (broad SMARTS) is 2. The molecule has 1 unspecified atom stereocenters. The molecule has 2 fully saturated rings. The quantitative estimate of drug-likeness (QED) is 0.587. The van der Waals surface area contributed by atoms with Crippen LogP contribution >= 0.6 is 11.6 Å². The Bertz CT molecular complexity index is 729. The molecular formula is C21H32ClN3O6. The van der Waals surface area contributed by atoms with E-state index in [0.717, 1.165) is 57.7 Å². The second-order valence-electron chi connectivity index (χ2n) is 7.93. The van der Waals surface area contributed by atoms with Crippen LogP contribution in [0.25, 0.3) is 0 Å². The van der Waals surface area contributed by atoms with Gasteiger partial charge in [-0.2, -0.15) is 0 Å². The smallest absolute Gasteiger partial charge is 0.290 e. The Kier molecular flexibility index (Phi) is 11.3. The van der Waals surface area contributed by atoms with Gasteiger partial charge in [0.2, 0.25) is 5.91 Å². The zero-order valence-electron chi connectivity index (χ0n) is 18.0. The number of likely N-dealkylation sites (tertiary alicyclic amines) is 1. The van der Waals surface area contributed by atoms with Crippen molar-refractivity contribution in [1.82, 2.24) is 14.7 Å². The van der Waals surface area contributed by atoms with Crippen molar-refractivity contribution in [2.75, 3.05) is 46.3 Å². The van der Waals surface area contributed by atoms with E-state index in [-0.39, 0.29) is 24.1 Å². The third kappa shape index (κ3) is 8.01. The summed E-state index contributed by atoms with van der Waals surface area (Å²) < 4.78 is 0. The summed E-state index contributed by atoms with van der Waals surface area (Å²) in [7, 11) is 2.09. The number of phenols is 1. The molecule has 1 amide bonds. The Hall–Kier alpha value is -2.36. The van der Waals surface area contributed by atoms with Crippen LogP contribution in [0.5, 0.6) is 5.75 Å². The largest absolute Gasteiger partial charge is 0.506 e. The van der Waals surface area contributed by atoms with Gasteiger partial charge in [0.25, 0.3) is 12.9 Å². The minimum absolute atomic E-state index is 0.129. The molecule has 2 aliphatic rings. The standard InChI is InChI=1S/C19H28ClN3O2.2CH2O2/c1-19(7-10-21(2)14-19)18(25)23-9-4-8-22(11-12-23)13-15-5-3-6-16(24)17(15)20;2*2-1-3/h3,5-6,24H,4,7-14H2,1-2H3;2*1H,(H,2,3). The summed E-state index contributed by atoms with van der Waals surface area (Å²) in [6.07, 6.45) is 1.91. The predicted molar refractivity (Wildman–Crippen MR) is 117 cm³/mol. The van der Waals surface area contributed by atoms with Gasteiger partial charge in [-0.05, 0) is 45.0 Å². The average molecular weight is 458 g/mol. The van der Waals surface area contributed by atoms with Crippen LogP contribution in [0, 0.1) is 5.41 Å². The summed E-state index contributed by atoms with van der Waals surface area (Å²) in [5, 5.41) is 24.0. The highest BCUT2D eigenvalue weighted by atomic mass is 35.5. The zero-order valence-corrected chi connectivity index (χ0v) is 18.8. The van der Waals surface area contributed by atoms with Crippen molar-refractivity contribution in [1.29, 1.82) is 0 Å². The summed E-state index contributed by atoms with van der Waals surface area (Å²) in [6, 6.07) is 5.38. The average Bonchev–Trinajstić information content (AvgIpc) is 2.93. The number of rotatable bonds is 3. The van der Waals surface area contributed by atoms with Crippen molar-refractivity contribution >= 4 is 30.5 Å². The highest BCUT2D eigenvalue weighted by Crippen LogP contribution is 2.32. The molecule has 2 aliphatic heterocycles. The highest BCUT2D eigenvalue weighted by molar-refractivity contribution is 6.32. The summed E-state index contributed by atoms with van der Waals surface area (Å²) in [5.41, 5.74) is 0.698. The van der Waals surface area contributed by atoms with Crippen LogP contribution in [0.3, 0.4) is 0 Å². The number of amides is 1. The van der Waals surface area contributed by atoms with E-state index in [1.807, 2.05) is 17.0 Å². The summed E-state index contributed by atoms with van der Waals surface area (Å²) >= 11 is 6.20. The van der Waals surface area contributed by atoms with Gasteiger partial charge in [0.1, 0.15) is 5.75 Å². The summed E-state index contributed by atoms with van der Waals surface area (Å²) in [4.78, 5) is 36.3. The van der Waals surface area contributed by atoms with E-state index in [4.69, 9.17) is 31.4 Å². The van der Waals surface area contributed by atoms with Gasteiger partial charge in [-0.25, -0.2) is 0 Å². The van der Waals surface area contributed by atoms with E-state index in [1.54, 1.807) is 6.07 Å². The number of aromatic hydroxyl groups is 1. The van der Waals surface area contributed by atoms with Crippen LogP contribution < -0.4 is 0 Å². The minimum Gasteiger partial charge on any atom is -0.506 e. The Labute approximate surface area is 187 Å². The van der Waals surface area contributed by atoms with Crippen LogP contribution in [0.2, 0.25) is 5.02 Å². The molecule has 0 spiro atoms. The van der Waals surface area contributed by atoms with Crippen molar-refractivity contribution in [3.05, 3.63) is 28.8 Å². The van der Waals surface area contributed by atoms with E-state index in [0.29, 0.717) is 17.5 Å². The topological polar surface area (TPSA) is 122 Å². The number of carbonyl (C=O) groups excluding carboxylic acids is 1. The van der Waals surface area contributed by atoms with Gasteiger partial charge >= 0.3 is 0 Å². The van der Waals surface area contributed by atoms with Crippen LogP contribution in [0.1, 0.15) is 25.3 Å². The van der Waals surface area contributed by atoms with Crippen LogP contribution in [-0.4, -0.2) is 95.2 Å². The lowest BCUT2D eigenvalue weighted by molar-refractivity contribution is -0.140. The second-order valence-corrected chi connectivity index (χ2v) is 8.31. The fourth-order valence-electron chi connectivity index (χ4n) is 4.01. The third-order valence-electron chi connectivity index (χ3n) is 5.51. The third-order valence-corrected chi connectivity index (χ3v) is 5.94. The molecule has 31 heavy (non-hydrogen) atoms. The molecule has 3 rings (SSSR count). The van der Waals surface area contributed by atoms with Crippen LogP contribution in [0.4, 0.5) is 0 Å². The number of hydrogen-bond donors (Lipinski definition) is 3. The molecule has 0 bridgehead atoms. The molecule has 0 saturated carbocycles. The van der Waals surface area contributed by atoms with Crippen molar-refractivity contribution in [3.63, 3.8) is 0 Å².